The van der Waals surface area contributed by atoms with E-state index in [9.17, 15) is 0 Å². The van der Waals surface area contributed by atoms with E-state index in [1.165, 1.54) is 35.3 Å². The fraction of sp³-hybridized carbons (Fsp3) is 0.455. The maximum Gasteiger partial charge on any atom is 0.0417 e. The van der Waals surface area contributed by atoms with Crippen LogP contribution in [-0.4, -0.2) is 43.2 Å². The lowest BCUT2D eigenvalue weighted by Gasteiger charge is -2.43. The number of nitrogens with one attached hydrogen (secondary N) is 1. The number of anilines is 2. The van der Waals surface area contributed by atoms with E-state index in [0.29, 0.717) is 12.1 Å². The quantitative estimate of drug-likeness (QED) is 0.917. The van der Waals surface area contributed by atoms with E-state index in [1.54, 1.807) is 0 Å². The lowest BCUT2D eigenvalue weighted by Crippen LogP contribution is -2.54. The highest BCUT2D eigenvalue weighted by molar-refractivity contribution is 5.54. The molecule has 0 saturated carbocycles. The van der Waals surface area contributed by atoms with Gasteiger partial charge in [-0.1, -0.05) is 30.3 Å². The highest BCUT2D eigenvalue weighted by Gasteiger charge is 2.29. The Morgan fingerprint density at radius 2 is 1.80 bits per heavy atom. The Kier molecular flexibility index (Phi) is 4.67. The van der Waals surface area contributed by atoms with Gasteiger partial charge in [-0.3, -0.25) is 4.90 Å². The Hall–Kier alpha value is -2.00. The molecule has 2 aromatic carbocycles. The van der Waals surface area contributed by atoms with Crippen molar-refractivity contribution in [2.75, 3.05) is 36.4 Å². The van der Waals surface area contributed by atoms with Gasteiger partial charge in [0.1, 0.15) is 0 Å². The molecule has 3 nitrogen and oxygen atoms in total. The zero-order valence-electron chi connectivity index (χ0n) is 15.4. The largest absolute Gasteiger partial charge is 0.381 e. The third-order valence-electron chi connectivity index (χ3n) is 5.92. The van der Waals surface area contributed by atoms with Gasteiger partial charge in [0, 0.05) is 49.6 Å². The van der Waals surface area contributed by atoms with E-state index in [1.807, 2.05) is 0 Å². The molecule has 25 heavy (non-hydrogen) atoms. The Labute approximate surface area is 151 Å². The van der Waals surface area contributed by atoms with Crippen molar-refractivity contribution in [1.29, 1.82) is 0 Å². The van der Waals surface area contributed by atoms with E-state index in [-0.39, 0.29) is 0 Å². The van der Waals surface area contributed by atoms with Crippen LogP contribution in [0.15, 0.2) is 48.5 Å². The molecular formula is C22H29N3. The molecule has 132 valence electrons. The van der Waals surface area contributed by atoms with Crippen LogP contribution in [-0.2, 0) is 6.42 Å². The van der Waals surface area contributed by atoms with Crippen molar-refractivity contribution in [2.45, 2.75) is 38.8 Å². The molecule has 2 aliphatic rings. The Bertz CT molecular complexity index is 719. The number of benzene rings is 2. The first-order valence-corrected chi connectivity index (χ1v) is 9.61. The molecule has 2 aromatic rings. The van der Waals surface area contributed by atoms with Crippen molar-refractivity contribution in [1.82, 2.24) is 4.90 Å². The molecule has 0 aromatic heterocycles. The minimum atomic E-state index is 0.556. The molecule has 2 heterocycles. The third kappa shape index (κ3) is 3.52. The second-order valence-corrected chi connectivity index (χ2v) is 7.55. The summed E-state index contributed by atoms with van der Waals surface area (Å²) in [5, 5.41) is 3.79. The topological polar surface area (TPSA) is 18.5 Å². The highest BCUT2D eigenvalue weighted by Crippen LogP contribution is 2.27. The molecule has 1 fully saturated rings. The summed E-state index contributed by atoms with van der Waals surface area (Å²) in [6.07, 6.45) is 2.43. The van der Waals surface area contributed by atoms with Crippen LogP contribution in [0.5, 0.6) is 0 Å². The van der Waals surface area contributed by atoms with E-state index in [4.69, 9.17) is 0 Å². The molecule has 3 heteroatoms. The normalized spacial score (nSPS) is 22.2. The minimum Gasteiger partial charge on any atom is -0.381 e. The fourth-order valence-electron chi connectivity index (χ4n) is 4.29. The van der Waals surface area contributed by atoms with Crippen LogP contribution in [0.25, 0.3) is 0 Å². The summed E-state index contributed by atoms with van der Waals surface area (Å²) in [6.45, 7) is 9.11. The standard InChI is InChI=1S/C22H29N3/c1-17-6-5-8-20(16-17)25-14-12-24(13-15-25)18(2)21-11-10-19-7-3-4-9-22(19)23-21/h3-9,16,18,21,23H,10-15H2,1-2H3. The van der Waals surface area contributed by atoms with Gasteiger partial charge in [0.2, 0.25) is 0 Å². The molecule has 0 bridgehead atoms. The zero-order valence-corrected chi connectivity index (χ0v) is 15.4. The molecule has 1 saturated heterocycles. The lowest BCUT2D eigenvalue weighted by atomic mass is 9.93. The summed E-state index contributed by atoms with van der Waals surface area (Å²) < 4.78 is 0. The van der Waals surface area contributed by atoms with E-state index in [0.717, 1.165) is 26.2 Å². The number of hydrogen-bond acceptors (Lipinski definition) is 3. The van der Waals surface area contributed by atoms with Crippen molar-refractivity contribution in [2.24, 2.45) is 0 Å². The number of para-hydroxylation sites is 1. The average Bonchev–Trinajstić information content (AvgIpc) is 2.67. The summed E-state index contributed by atoms with van der Waals surface area (Å²) in [7, 11) is 0. The van der Waals surface area contributed by atoms with Crippen LogP contribution in [0.3, 0.4) is 0 Å². The van der Waals surface area contributed by atoms with Crippen LogP contribution in [0, 0.1) is 6.92 Å². The molecule has 2 atom stereocenters. The van der Waals surface area contributed by atoms with E-state index < -0.39 is 0 Å². The maximum atomic E-state index is 3.79. The first-order valence-electron chi connectivity index (χ1n) is 9.61. The van der Waals surface area contributed by atoms with Crippen LogP contribution in [0.2, 0.25) is 0 Å². The predicted molar refractivity (Wildman–Crippen MR) is 107 cm³/mol. The van der Waals surface area contributed by atoms with Gasteiger partial charge in [-0.15, -0.1) is 0 Å². The molecule has 2 unspecified atom stereocenters. The first-order chi connectivity index (χ1) is 12.2. The van der Waals surface area contributed by atoms with Gasteiger partial charge in [-0.05, 0) is 56.0 Å². The molecule has 1 N–H and O–H groups in total. The van der Waals surface area contributed by atoms with Gasteiger partial charge >= 0.3 is 0 Å². The van der Waals surface area contributed by atoms with E-state index in [2.05, 4.69) is 77.5 Å². The van der Waals surface area contributed by atoms with Gasteiger partial charge < -0.3 is 10.2 Å². The van der Waals surface area contributed by atoms with Gasteiger partial charge in [0.25, 0.3) is 0 Å². The van der Waals surface area contributed by atoms with Gasteiger partial charge in [0.15, 0.2) is 0 Å². The van der Waals surface area contributed by atoms with Crippen LogP contribution >= 0.6 is 0 Å². The number of piperazine rings is 1. The summed E-state index contributed by atoms with van der Waals surface area (Å²) in [4.78, 5) is 5.19. The SMILES string of the molecule is Cc1cccc(N2CCN(C(C)C3CCc4ccccc4N3)CC2)c1. The van der Waals surface area contributed by atoms with E-state index >= 15 is 0 Å². The Morgan fingerprint density at radius 3 is 2.60 bits per heavy atom. The monoisotopic (exact) mass is 335 g/mol. The average molecular weight is 335 g/mol. The summed E-state index contributed by atoms with van der Waals surface area (Å²) in [5.41, 5.74) is 5.52. The smallest absolute Gasteiger partial charge is 0.0417 e. The highest BCUT2D eigenvalue weighted by atomic mass is 15.3. The summed E-state index contributed by atoms with van der Waals surface area (Å²) in [5.74, 6) is 0. The van der Waals surface area contributed by atoms with Gasteiger partial charge in [-0.25, -0.2) is 0 Å². The summed E-state index contributed by atoms with van der Waals surface area (Å²) >= 11 is 0. The van der Waals surface area contributed by atoms with Crippen molar-refractivity contribution in [3.05, 3.63) is 59.7 Å². The maximum absolute atomic E-state index is 3.79. The van der Waals surface area contributed by atoms with Crippen molar-refractivity contribution in [3.63, 3.8) is 0 Å². The number of rotatable bonds is 3. The van der Waals surface area contributed by atoms with Crippen molar-refractivity contribution < 1.29 is 0 Å². The summed E-state index contributed by atoms with van der Waals surface area (Å²) in [6, 6.07) is 18.8. The predicted octanol–water partition coefficient (Wildman–Crippen LogP) is 3.93. The zero-order chi connectivity index (χ0) is 17.2. The first kappa shape index (κ1) is 16.5. The van der Waals surface area contributed by atoms with Crippen LogP contribution < -0.4 is 10.2 Å². The molecule has 0 aliphatic carbocycles. The van der Waals surface area contributed by atoms with Gasteiger partial charge in [0.05, 0.1) is 0 Å². The molecule has 0 radical (unpaired) electrons. The second kappa shape index (κ2) is 7.09. The Balaban J connectivity index is 1.36. The second-order valence-electron chi connectivity index (χ2n) is 7.55. The molecule has 0 spiro atoms. The van der Waals surface area contributed by atoms with Crippen LogP contribution in [0.1, 0.15) is 24.5 Å². The lowest BCUT2D eigenvalue weighted by molar-refractivity contribution is 0.175. The number of nitrogens with zero attached hydrogens (tertiary/aromatic N) is 2. The third-order valence-corrected chi connectivity index (χ3v) is 5.92. The minimum absolute atomic E-state index is 0.556. The fourth-order valence-corrected chi connectivity index (χ4v) is 4.29. The Morgan fingerprint density at radius 1 is 1.00 bits per heavy atom. The molecular weight excluding hydrogens is 306 g/mol. The van der Waals surface area contributed by atoms with Crippen molar-refractivity contribution in [3.8, 4) is 0 Å². The molecule has 0 amide bonds. The van der Waals surface area contributed by atoms with Gasteiger partial charge in [-0.2, -0.15) is 0 Å². The van der Waals surface area contributed by atoms with Crippen LogP contribution in [0.4, 0.5) is 11.4 Å². The number of hydrogen-bond donors (Lipinski definition) is 1. The molecule has 4 rings (SSSR count). The molecule has 2 aliphatic heterocycles. The number of fused-ring (bicyclic) bond motifs is 1. The number of aryl methyl sites for hydroxylation is 2. The van der Waals surface area contributed by atoms with Crippen molar-refractivity contribution >= 4 is 11.4 Å².